The Morgan fingerprint density at radius 3 is 2.15 bits per heavy atom. The van der Waals surface area contributed by atoms with Gasteiger partial charge in [-0.25, -0.2) is 4.39 Å². The number of hydrogen-bond acceptors (Lipinski definition) is 3. The molecule has 0 heterocycles. The highest BCUT2D eigenvalue weighted by molar-refractivity contribution is 5.21. The third-order valence-electron chi connectivity index (χ3n) is 4.26. The van der Waals surface area contributed by atoms with E-state index in [0.29, 0.717) is 25.2 Å². The second kappa shape index (κ2) is 9.86. The van der Waals surface area contributed by atoms with Gasteiger partial charge in [-0.3, -0.25) is 4.90 Å². The maximum atomic E-state index is 14.1. The van der Waals surface area contributed by atoms with Gasteiger partial charge in [0.1, 0.15) is 24.3 Å². The fourth-order valence-corrected chi connectivity index (χ4v) is 2.95. The monoisotopic (exact) mass is 365 g/mol. The first kappa shape index (κ1) is 19.1. The van der Waals surface area contributed by atoms with Crippen LogP contribution in [-0.2, 0) is 13.1 Å². The normalized spacial score (nSPS) is 12.1. The lowest BCUT2D eigenvalue weighted by Gasteiger charge is -2.25. The summed E-state index contributed by atoms with van der Waals surface area (Å²) in [6, 6.07) is 26.1. The molecule has 0 unspecified atom stereocenters. The van der Waals surface area contributed by atoms with Gasteiger partial charge in [-0.2, -0.15) is 0 Å². The minimum absolute atomic E-state index is 0.187. The SMILES string of the molecule is O[C@@H](COc1ccccc1)CN(Cc1ccccc1)Cc1ccccc1F. The van der Waals surface area contributed by atoms with Crippen molar-refractivity contribution in [1.82, 2.24) is 4.90 Å². The van der Waals surface area contributed by atoms with E-state index in [1.807, 2.05) is 71.6 Å². The first-order valence-corrected chi connectivity index (χ1v) is 9.06. The van der Waals surface area contributed by atoms with Gasteiger partial charge in [-0.1, -0.05) is 66.7 Å². The highest BCUT2D eigenvalue weighted by Crippen LogP contribution is 2.14. The second-order valence-corrected chi connectivity index (χ2v) is 6.52. The number of para-hydroxylation sites is 1. The molecular formula is C23H24FNO2. The van der Waals surface area contributed by atoms with Gasteiger partial charge in [0, 0.05) is 25.2 Å². The molecule has 0 bridgehead atoms. The summed E-state index contributed by atoms with van der Waals surface area (Å²) in [6.45, 7) is 1.62. The van der Waals surface area contributed by atoms with Gasteiger partial charge in [0.05, 0.1) is 0 Å². The first-order chi connectivity index (χ1) is 13.2. The van der Waals surface area contributed by atoms with Crippen LogP contribution in [-0.4, -0.2) is 29.3 Å². The van der Waals surface area contributed by atoms with Crippen molar-refractivity contribution in [1.29, 1.82) is 0 Å². The lowest BCUT2D eigenvalue weighted by atomic mass is 10.1. The van der Waals surface area contributed by atoms with Crippen LogP contribution in [0.25, 0.3) is 0 Å². The zero-order valence-corrected chi connectivity index (χ0v) is 15.2. The summed E-state index contributed by atoms with van der Waals surface area (Å²) in [6.07, 6.45) is -0.680. The Morgan fingerprint density at radius 2 is 1.44 bits per heavy atom. The van der Waals surface area contributed by atoms with Crippen molar-refractivity contribution < 1.29 is 14.2 Å². The van der Waals surface area contributed by atoms with Gasteiger partial charge < -0.3 is 9.84 Å². The lowest BCUT2D eigenvalue weighted by molar-refractivity contribution is 0.0624. The molecule has 0 aliphatic rings. The molecule has 0 aromatic heterocycles. The maximum Gasteiger partial charge on any atom is 0.127 e. The number of hydrogen-bond donors (Lipinski definition) is 1. The first-order valence-electron chi connectivity index (χ1n) is 9.06. The van der Waals surface area contributed by atoms with E-state index in [1.165, 1.54) is 6.07 Å². The molecule has 4 heteroatoms. The predicted octanol–water partition coefficient (Wildman–Crippen LogP) is 4.27. The zero-order valence-electron chi connectivity index (χ0n) is 15.2. The molecule has 3 aromatic carbocycles. The minimum Gasteiger partial charge on any atom is -0.491 e. The van der Waals surface area contributed by atoms with E-state index in [-0.39, 0.29) is 12.4 Å². The van der Waals surface area contributed by atoms with E-state index >= 15 is 0 Å². The molecule has 0 amide bonds. The molecule has 1 atom stereocenters. The van der Waals surface area contributed by atoms with Crippen molar-refractivity contribution in [2.45, 2.75) is 19.2 Å². The van der Waals surface area contributed by atoms with Gasteiger partial charge >= 0.3 is 0 Å². The van der Waals surface area contributed by atoms with Crippen molar-refractivity contribution in [3.63, 3.8) is 0 Å². The highest BCUT2D eigenvalue weighted by atomic mass is 19.1. The molecule has 140 valence electrons. The molecule has 0 saturated carbocycles. The Kier molecular flexibility index (Phi) is 6.97. The third kappa shape index (κ3) is 6.20. The van der Waals surface area contributed by atoms with Gasteiger partial charge in [0.15, 0.2) is 0 Å². The van der Waals surface area contributed by atoms with E-state index in [2.05, 4.69) is 0 Å². The third-order valence-corrected chi connectivity index (χ3v) is 4.26. The molecule has 0 fully saturated rings. The summed E-state index contributed by atoms with van der Waals surface area (Å²) in [7, 11) is 0. The average molecular weight is 365 g/mol. The van der Waals surface area contributed by atoms with Gasteiger partial charge in [0.2, 0.25) is 0 Å². The number of rotatable bonds is 9. The number of aliphatic hydroxyl groups is 1. The summed E-state index contributed by atoms with van der Waals surface area (Å²) < 4.78 is 19.7. The van der Waals surface area contributed by atoms with Gasteiger partial charge in [-0.15, -0.1) is 0 Å². The number of nitrogens with zero attached hydrogens (tertiary/aromatic N) is 1. The molecule has 0 spiro atoms. The highest BCUT2D eigenvalue weighted by Gasteiger charge is 2.15. The Hall–Kier alpha value is -2.69. The summed E-state index contributed by atoms with van der Waals surface area (Å²) in [5.74, 6) is 0.492. The number of halogens is 1. The maximum absolute atomic E-state index is 14.1. The van der Waals surface area contributed by atoms with Crippen LogP contribution in [0.1, 0.15) is 11.1 Å². The molecule has 3 aromatic rings. The number of ether oxygens (including phenoxy) is 1. The second-order valence-electron chi connectivity index (χ2n) is 6.52. The van der Waals surface area contributed by atoms with E-state index < -0.39 is 6.10 Å². The molecule has 3 nitrogen and oxygen atoms in total. The largest absolute Gasteiger partial charge is 0.491 e. The molecule has 0 aliphatic heterocycles. The summed E-state index contributed by atoms with van der Waals surface area (Å²) in [4.78, 5) is 2.03. The van der Waals surface area contributed by atoms with Crippen LogP contribution in [0.3, 0.4) is 0 Å². The van der Waals surface area contributed by atoms with Crippen molar-refractivity contribution >= 4 is 0 Å². The summed E-state index contributed by atoms with van der Waals surface area (Å²) >= 11 is 0. The molecular weight excluding hydrogens is 341 g/mol. The van der Waals surface area contributed by atoms with Crippen LogP contribution < -0.4 is 4.74 Å². The van der Waals surface area contributed by atoms with E-state index in [0.717, 1.165) is 11.3 Å². The van der Waals surface area contributed by atoms with Crippen LogP contribution in [0.15, 0.2) is 84.9 Å². The van der Waals surface area contributed by atoms with E-state index in [4.69, 9.17) is 4.74 Å². The Morgan fingerprint density at radius 1 is 0.815 bits per heavy atom. The topological polar surface area (TPSA) is 32.7 Å². The fraction of sp³-hybridized carbons (Fsp3) is 0.217. The van der Waals surface area contributed by atoms with Crippen molar-refractivity contribution in [2.75, 3.05) is 13.2 Å². The molecule has 3 rings (SSSR count). The smallest absolute Gasteiger partial charge is 0.127 e. The van der Waals surface area contributed by atoms with Crippen LogP contribution in [0.2, 0.25) is 0 Å². The predicted molar refractivity (Wildman–Crippen MR) is 105 cm³/mol. The van der Waals surface area contributed by atoms with Crippen molar-refractivity contribution in [3.05, 3.63) is 102 Å². The van der Waals surface area contributed by atoms with Gasteiger partial charge in [-0.05, 0) is 23.8 Å². The molecule has 0 saturated heterocycles. The summed E-state index contributed by atoms with van der Waals surface area (Å²) in [5, 5.41) is 10.4. The van der Waals surface area contributed by atoms with Crippen LogP contribution in [0, 0.1) is 5.82 Å². The molecule has 27 heavy (non-hydrogen) atoms. The number of aliphatic hydroxyl groups excluding tert-OH is 1. The van der Waals surface area contributed by atoms with Crippen LogP contribution in [0.4, 0.5) is 4.39 Å². The van der Waals surface area contributed by atoms with Crippen LogP contribution in [0.5, 0.6) is 5.75 Å². The van der Waals surface area contributed by atoms with E-state index in [1.54, 1.807) is 12.1 Å². The molecule has 0 radical (unpaired) electrons. The lowest BCUT2D eigenvalue weighted by Crippen LogP contribution is -2.35. The van der Waals surface area contributed by atoms with E-state index in [9.17, 15) is 9.50 Å². The Labute approximate surface area is 159 Å². The fourth-order valence-electron chi connectivity index (χ4n) is 2.95. The molecule has 0 aliphatic carbocycles. The Balaban J connectivity index is 1.64. The molecule has 1 N–H and O–H groups in total. The van der Waals surface area contributed by atoms with Crippen molar-refractivity contribution in [2.24, 2.45) is 0 Å². The quantitative estimate of drug-likeness (QED) is 0.615. The average Bonchev–Trinajstić information content (AvgIpc) is 2.70. The van der Waals surface area contributed by atoms with Gasteiger partial charge in [0.25, 0.3) is 0 Å². The standard InChI is InChI=1S/C23H24FNO2/c24-23-14-8-7-11-20(23)16-25(15-19-9-3-1-4-10-19)17-21(26)18-27-22-12-5-2-6-13-22/h1-14,21,26H,15-18H2/t21-/m1/s1. The summed E-state index contributed by atoms with van der Waals surface area (Å²) in [5.41, 5.74) is 1.73. The van der Waals surface area contributed by atoms with Crippen LogP contribution >= 0.6 is 0 Å². The number of benzene rings is 3. The zero-order chi connectivity index (χ0) is 18.9. The Bertz CT molecular complexity index is 811. The van der Waals surface area contributed by atoms with Crippen molar-refractivity contribution in [3.8, 4) is 5.75 Å². The minimum atomic E-state index is -0.680.